The summed E-state index contributed by atoms with van der Waals surface area (Å²) in [5.74, 6) is 0.632. The summed E-state index contributed by atoms with van der Waals surface area (Å²) in [5.41, 5.74) is 16.7. The van der Waals surface area contributed by atoms with E-state index in [0.717, 1.165) is 38.2 Å². The molecular weight excluding hydrogens is 509 g/mol. The van der Waals surface area contributed by atoms with Crippen LogP contribution in [0.15, 0.2) is 84.9 Å². The van der Waals surface area contributed by atoms with Gasteiger partial charge in [-0.05, 0) is 77.0 Å². The average Bonchev–Trinajstić information content (AvgIpc) is 2.94. The highest BCUT2D eigenvalue weighted by Gasteiger charge is 2.30. The number of nitrogen functional groups attached to an aromatic ring is 1. The van der Waals surface area contributed by atoms with Crippen LogP contribution in [-0.2, 0) is 13.1 Å². The zero-order valence-corrected chi connectivity index (χ0v) is 23.1. The summed E-state index contributed by atoms with van der Waals surface area (Å²) in [4.78, 5) is 2.55. The van der Waals surface area contributed by atoms with Crippen molar-refractivity contribution in [2.24, 2.45) is 0 Å². The van der Waals surface area contributed by atoms with E-state index in [2.05, 4.69) is 84.0 Å². The standard InChI is InChI=1S/C33H33Cl2N3/c1-37-33-15-13-24(23-11-14-30(34)31(35)17-23)26-12-10-21(16-27(26)33)18-38-19-28(22-6-3-2-4-7-22)25-8-5-9-32(36)29(25)20-38/h2-12,14,16-17,24,28,33,37H,13,15,18-20,36H2,1H3. The molecule has 1 heterocycles. The normalized spacial score (nSPS) is 21.1. The van der Waals surface area contributed by atoms with E-state index in [4.69, 9.17) is 28.9 Å². The molecule has 0 saturated heterocycles. The Kier molecular flexibility index (Phi) is 7.20. The molecule has 1 aliphatic heterocycles. The lowest BCUT2D eigenvalue weighted by Gasteiger charge is -2.36. The second-order valence-electron chi connectivity index (χ2n) is 10.7. The van der Waals surface area contributed by atoms with Crippen LogP contribution in [0.5, 0.6) is 0 Å². The maximum Gasteiger partial charge on any atom is 0.0595 e. The molecule has 0 radical (unpaired) electrons. The van der Waals surface area contributed by atoms with Crippen molar-refractivity contribution in [3.8, 4) is 0 Å². The summed E-state index contributed by atoms with van der Waals surface area (Å²) < 4.78 is 0. The Labute approximate surface area is 235 Å². The van der Waals surface area contributed by atoms with E-state index in [9.17, 15) is 0 Å². The van der Waals surface area contributed by atoms with Gasteiger partial charge in [-0.15, -0.1) is 0 Å². The van der Waals surface area contributed by atoms with E-state index in [-0.39, 0.29) is 0 Å². The molecule has 194 valence electrons. The Morgan fingerprint density at radius 1 is 0.789 bits per heavy atom. The predicted molar refractivity (Wildman–Crippen MR) is 159 cm³/mol. The third-order valence-electron chi connectivity index (χ3n) is 8.40. The summed E-state index contributed by atoms with van der Waals surface area (Å²) >= 11 is 12.6. The third-order valence-corrected chi connectivity index (χ3v) is 9.13. The molecule has 0 bridgehead atoms. The smallest absolute Gasteiger partial charge is 0.0595 e. The van der Waals surface area contributed by atoms with Crippen molar-refractivity contribution >= 4 is 28.9 Å². The van der Waals surface area contributed by atoms with Crippen molar-refractivity contribution in [1.29, 1.82) is 0 Å². The zero-order chi connectivity index (χ0) is 26.2. The van der Waals surface area contributed by atoms with Gasteiger partial charge in [-0.1, -0.05) is 89.9 Å². The maximum atomic E-state index is 6.50. The Bertz CT molecular complexity index is 1450. The number of fused-ring (bicyclic) bond motifs is 2. The topological polar surface area (TPSA) is 41.3 Å². The molecule has 4 aromatic carbocycles. The van der Waals surface area contributed by atoms with Crippen molar-refractivity contribution in [3.05, 3.63) is 134 Å². The van der Waals surface area contributed by atoms with E-state index in [1.807, 2.05) is 18.2 Å². The fraction of sp³-hybridized carbons (Fsp3) is 0.273. The average molecular weight is 543 g/mol. The fourth-order valence-electron chi connectivity index (χ4n) is 6.49. The van der Waals surface area contributed by atoms with E-state index in [0.29, 0.717) is 27.9 Å². The number of benzene rings is 4. The van der Waals surface area contributed by atoms with Gasteiger partial charge in [-0.3, -0.25) is 4.90 Å². The number of halogens is 2. The fourth-order valence-corrected chi connectivity index (χ4v) is 6.79. The van der Waals surface area contributed by atoms with Crippen molar-refractivity contribution < 1.29 is 0 Å². The molecule has 38 heavy (non-hydrogen) atoms. The second-order valence-corrected chi connectivity index (χ2v) is 11.5. The van der Waals surface area contributed by atoms with Gasteiger partial charge < -0.3 is 11.1 Å². The largest absolute Gasteiger partial charge is 0.398 e. The Balaban J connectivity index is 1.31. The molecule has 4 aromatic rings. The summed E-state index contributed by atoms with van der Waals surface area (Å²) in [7, 11) is 2.06. The molecule has 3 atom stereocenters. The maximum absolute atomic E-state index is 6.50. The Hall–Kier alpha value is -2.82. The van der Waals surface area contributed by atoms with Gasteiger partial charge in [0.2, 0.25) is 0 Å². The van der Waals surface area contributed by atoms with E-state index in [1.165, 1.54) is 38.9 Å². The first-order chi connectivity index (χ1) is 18.5. The van der Waals surface area contributed by atoms with E-state index >= 15 is 0 Å². The minimum absolute atomic E-state index is 0.310. The molecule has 0 spiro atoms. The number of nitrogens with one attached hydrogen (secondary N) is 1. The zero-order valence-electron chi connectivity index (χ0n) is 21.6. The monoisotopic (exact) mass is 541 g/mol. The summed E-state index contributed by atoms with van der Waals surface area (Å²) in [6.45, 7) is 2.72. The molecule has 3 unspecified atom stereocenters. The number of hydrogen-bond acceptors (Lipinski definition) is 3. The second kappa shape index (κ2) is 10.7. The van der Waals surface area contributed by atoms with Crippen molar-refractivity contribution in [2.75, 3.05) is 19.3 Å². The van der Waals surface area contributed by atoms with Gasteiger partial charge in [0, 0.05) is 43.2 Å². The van der Waals surface area contributed by atoms with Crippen LogP contribution >= 0.6 is 23.2 Å². The summed E-state index contributed by atoms with van der Waals surface area (Å²) in [5, 5.41) is 4.78. The Morgan fingerprint density at radius 2 is 1.63 bits per heavy atom. The molecule has 6 rings (SSSR count). The number of hydrogen-bond donors (Lipinski definition) is 2. The van der Waals surface area contributed by atoms with E-state index in [1.54, 1.807) is 0 Å². The van der Waals surface area contributed by atoms with Gasteiger partial charge in [0.15, 0.2) is 0 Å². The minimum atomic E-state index is 0.310. The van der Waals surface area contributed by atoms with Gasteiger partial charge >= 0.3 is 0 Å². The van der Waals surface area contributed by atoms with Gasteiger partial charge in [-0.2, -0.15) is 0 Å². The van der Waals surface area contributed by atoms with Crippen LogP contribution in [0.1, 0.15) is 69.7 Å². The Morgan fingerprint density at radius 3 is 2.42 bits per heavy atom. The first kappa shape index (κ1) is 25.5. The molecule has 0 fully saturated rings. The van der Waals surface area contributed by atoms with Crippen LogP contribution in [0.2, 0.25) is 10.0 Å². The molecule has 0 amide bonds. The lowest BCUT2D eigenvalue weighted by Crippen LogP contribution is -2.34. The molecule has 3 nitrogen and oxygen atoms in total. The molecular formula is C33H33Cl2N3. The number of rotatable bonds is 5. The molecule has 2 aliphatic rings. The van der Waals surface area contributed by atoms with Crippen LogP contribution in [0.4, 0.5) is 5.69 Å². The van der Waals surface area contributed by atoms with Crippen LogP contribution < -0.4 is 11.1 Å². The molecule has 0 aromatic heterocycles. The van der Waals surface area contributed by atoms with Crippen molar-refractivity contribution in [3.63, 3.8) is 0 Å². The highest BCUT2D eigenvalue weighted by atomic mass is 35.5. The van der Waals surface area contributed by atoms with Gasteiger partial charge in [0.1, 0.15) is 0 Å². The number of nitrogens with zero attached hydrogens (tertiary/aromatic N) is 1. The first-order valence-corrected chi connectivity index (χ1v) is 14.2. The minimum Gasteiger partial charge on any atom is -0.398 e. The molecule has 1 aliphatic carbocycles. The van der Waals surface area contributed by atoms with Crippen molar-refractivity contribution in [2.45, 2.75) is 43.8 Å². The molecule has 0 saturated carbocycles. The third kappa shape index (κ3) is 4.85. The number of nitrogens with two attached hydrogens (primary N) is 1. The van der Waals surface area contributed by atoms with Crippen LogP contribution in [0.3, 0.4) is 0 Å². The van der Waals surface area contributed by atoms with E-state index < -0.39 is 0 Å². The quantitative estimate of drug-likeness (QED) is 0.252. The predicted octanol–water partition coefficient (Wildman–Crippen LogP) is 7.91. The van der Waals surface area contributed by atoms with Crippen LogP contribution in [0, 0.1) is 0 Å². The van der Waals surface area contributed by atoms with Gasteiger partial charge in [0.05, 0.1) is 10.0 Å². The molecule has 3 N–H and O–H groups in total. The lowest BCUT2D eigenvalue weighted by molar-refractivity contribution is 0.232. The highest BCUT2D eigenvalue weighted by molar-refractivity contribution is 6.42. The summed E-state index contributed by atoms with van der Waals surface area (Å²) in [6, 6.07) is 30.7. The van der Waals surface area contributed by atoms with Crippen molar-refractivity contribution in [1.82, 2.24) is 10.2 Å². The number of anilines is 1. The molecule has 5 heteroatoms. The first-order valence-electron chi connectivity index (χ1n) is 13.4. The lowest BCUT2D eigenvalue weighted by atomic mass is 9.76. The SMILES string of the molecule is CNC1CCC(c2ccc(Cl)c(Cl)c2)c2ccc(CN3Cc4c(N)cccc4C(c4ccccc4)C3)cc21. The summed E-state index contributed by atoms with van der Waals surface area (Å²) in [6.07, 6.45) is 2.17. The van der Waals surface area contributed by atoms with Gasteiger partial charge in [0.25, 0.3) is 0 Å². The van der Waals surface area contributed by atoms with Gasteiger partial charge in [-0.25, -0.2) is 0 Å². The highest BCUT2D eigenvalue weighted by Crippen LogP contribution is 2.43. The van der Waals surface area contributed by atoms with Crippen LogP contribution in [-0.4, -0.2) is 18.5 Å². The van der Waals surface area contributed by atoms with Crippen LogP contribution in [0.25, 0.3) is 0 Å².